The van der Waals surface area contributed by atoms with Gasteiger partial charge in [-0.2, -0.15) is 0 Å². The topological polar surface area (TPSA) is 122 Å². The molecule has 10 heteroatoms. The molecule has 1 fully saturated rings. The number of hydrogen-bond acceptors (Lipinski definition) is 7. The molecule has 1 unspecified atom stereocenters. The highest BCUT2D eigenvalue weighted by atomic mass is 16.6. The van der Waals surface area contributed by atoms with Crippen LogP contribution >= 0.6 is 0 Å². The molecule has 158 valence electrons. The molecule has 2 aromatic rings. The first-order valence-electron chi connectivity index (χ1n) is 9.84. The summed E-state index contributed by atoms with van der Waals surface area (Å²) in [5, 5.41) is 11.9. The summed E-state index contributed by atoms with van der Waals surface area (Å²) in [5.74, 6) is 0.622. The minimum absolute atomic E-state index is 0.00337. The number of rotatable bonds is 6. The normalized spacial score (nSPS) is 17.0. The number of imidazole rings is 1. The first-order valence-corrected chi connectivity index (χ1v) is 9.84. The molecule has 29 heavy (non-hydrogen) atoms. The van der Waals surface area contributed by atoms with Crippen LogP contribution in [0, 0.1) is 0 Å². The van der Waals surface area contributed by atoms with Crippen molar-refractivity contribution in [2.75, 3.05) is 18.0 Å². The predicted octanol–water partition coefficient (Wildman–Crippen LogP) is 1.97. The summed E-state index contributed by atoms with van der Waals surface area (Å²) < 4.78 is 7.18. The molecule has 10 nitrogen and oxygen atoms in total. The third kappa shape index (κ3) is 4.93. The first kappa shape index (κ1) is 20.8. The molecular formula is C19H28N6O4. The standard InChI is InChI=1S/C19H28N6O4/c1-5-13-23-15-16(20-11-21-17(15)25(13)9-7-14(26)27)24-8-6-12(10-24)22-18(28)29-19(2,3)4/h11-12H,5-10H2,1-4H3,(H,22,28)(H,26,27). The molecule has 0 radical (unpaired) electrons. The minimum atomic E-state index is -0.862. The van der Waals surface area contributed by atoms with Crippen molar-refractivity contribution in [2.24, 2.45) is 0 Å². The summed E-state index contributed by atoms with van der Waals surface area (Å²) in [6, 6.07) is -0.0467. The van der Waals surface area contributed by atoms with E-state index in [2.05, 4.69) is 25.2 Å². The lowest BCUT2D eigenvalue weighted by atomic mass is 10.2. The number of carbonyl (C=O) groups excluding carboxylic acids is 1. The largest absolute Gasteiger partial charge is 0.481 e. The average Bonchev–Trinajstić information content (AvgIpc) is 3.21. The van der Waals surface area contributed by atoms with Gasteiger partial charge in [-0.1, -0.05) is 6.92 Å². The number of aliphatic carboxylic acids is 1. The Morgan fingerprint density at radius 3 is 2.76 bits per heavy atom. The van der Waals surface area contributed by atoms with Gasteiger partial charge in [0.05, 0.1) is 12.5 Å². The Labute approximate surface area is 169 Å². The van der Waals surface area contributed by atoms with E-state index in [0.717, 1.165) is 18.8 Å². The van der Waals surface area contributed by atoms with E-state index >= 15 is 0 Å². The van der Waals surface area contributed by atoms with E-state index in [9.17, 15) is 9.59 Å². The Morgan fingerprint density at radius 2 is 2.10 bits per heavy atom. The number of nitrogens with zero attached hydrogens (tertiary/aromatic N) is 5. The molecule has 0 aromatic carbocycles. The third-order valence-corrected chi connectivity index (χ3v) is 4.67. The molecule has 2 N–H and O–H groups in total. The van der Waals surface area contributed by atoms with E-state index in [-0.39, 0.29) is 12.5 Å². The molecule has 1 aliphatic rings. The lowest BCUT2D eigenvalue weighted by molar-refractivity contribution is -0.137. The van der Waals surface area contributed by atoms with Crippen molar-refractivity contribution >= 4 is 29.0 Å². The monoisotopic (exact) mass is 404 g/mol. The lowest BCUT2D eigenvalue weighted by Crippen LogP contribution is -2.40. The fourth-order valence-electron chi connectivity index (χ4n) is 3.46. The van der Waals surface area contributed by atoms with Crippen LogP contribution in [0.15, 0.2) is 6.33 Å². The van der Waals surface area contributed by atoms with Gasteiger partial charge < -0.3 is 24.6 Å². The lowest BCUT2D eigenvalue weighted by Gasteiger charge is -2.22. The van der Waals surface area contributed by atoms with E-state index < -0.39 is 17.7 Å². The van der Waals surface area contributed by atoms with Crippen molar-refractivity contribution < 1.29 is 19.4 Å². The number of carboxylic acid groups (broad SMARTS) is 1. The van der Waals surface area contributed by atoms with Gasteiger partial charge in [0.25, 0.3) is 0 Å². The van der Waals surface area contributed by atoms with Gasteiger partial charge in [0, 0.05) is 26.1 Å². The second-order valence-corrected chi connectivity index (χ2v) is 8.12. The van der Waals surface area contributed by atoms with Gasteiger partial charge >= 0.3 is 12.1 Å². The fourth-order valence-corrected chi connectivity index (χ4v) is 3.46. The quantitative estimate of drug-likeness (QED) is 0.749. The zero-order valence-corrected chi connectivity index (χ0v) is 17.3. The molecular weight excluding hydrogens is 376 g/mol. The Kier molecular flexibility index (Phi) is 5.90. The number of fused-ring (bicyclic) bond motifs is 1. The zero-order valence-electron chi connectivity index (χ0n) is 17.3. The van der Waals surface area contributed by atoms with Crippen LogP contribution < -0.4 is 10.2 Å². The molecule has 1 amide bonds. The number of amides is 1. The first-order chi connectivity index (χ1) is 13.7. The maximum atomic E-state index is 12.0. The van der Waals surface area contributed by atoms with Gasteiger partial charge in [-0.25, -0.2) is 19.7 Å². The SMILES string of the molecule is CCc1nc2c(N3CCC(NC(=O)OC(C)(C)C)C3)ncnc2n1CCC(=O)O. The average molecular weight is 404 g/mol. The number of anilines is 1. The van der Waals surface area contributed by atoms with Crippen molar-refractivity contribution in [1.82, 2.24) is 24.8 Å². The van der Waals surface area contributed by atoms with Crippen molar-refractivity contribution in [3.05, 3.63) is 12.2 Å². The second kappa shape index (κ2) is 8.22. The van der Waals surface area contributed by atoms with Crippen molar-refractivity contribution in [3.8, 4) is 0 Å². The van der Waals surface area contributed by atoms with Gasteiger partial charge in [-0.3, -0.25) is 4.79 Å². The van der Waals surface area contributed by atoms with Crippen LogP contribution in [0.4, 0.5) is 10.6 Å². The molecule has 0 aliphatic carbocycles. The number of carboxylic acids is 1. The summed E-state index contributed by atoms with van der Waals surface area (Å²) in [4.78, 5) is 38.6. The molecule has 1 aliphatic heterocycles. The van der Waals surface area contributed by atoms with Crippen LogP contribution in [0.1, 0.15) is 46.4 Å². The number of nitrogens with one attached hydrogen (secondary N) is 1. The molecule has 0 saturated carbocycles. The van der Waals surface area contributed by atoms with Crippen LogP contribution in [0.5, 0.6) is 0 Å². The predicted molar refractivity (Wildman–Crippen MR) is 107 cm³/mol. The Hall–Kier alpha value is -2.91. The van der Waals surface area contributed by atoms with Crippen LogP contribution in [0.2, 0.25) is 0 Å². The maximum absolute atomic E-state index is 12.0. The number of aromatic nitrogens is 4. The van der Waals surface area contributed by atoms with E-state index in [1.807, 2.05) is 32.3 Å². The van der Waals surface area contributed by atoms with Gasteiger partial charge in [-0.15, -0.1) is 0 Å². The number of hydrogen-bond donors (Lipinski definition) is 2. The van der Waals surface area contributed by atoms with Crippen LogP contribution in [-0.4, -0.2) is 61.4 Å². The highest BCUT2D eigenvalue weighted by molar-refractivity contribution is 5.84. The minimum Gasteiger partial charge on any atom is -0.481 e. The summed E-state index contributed by atoms with van der Waals surface area (Å²) >= 11 is 0. The number of carbonyl (C=O) groups is 2. The highest BCUT2D eigenvalue weighted by Crippen LogP contribution is 2.27. The third-order valence-electron chi connectivity index (χ3n) is 4.67. The molecule has 0 bridgehead atoms. The van der Waals surface area contributed by atoms with Gasteiger partial charge in [0.15, 0.2) is 17.0 Å². The summed E-state index contributed by atoms with van der Waals surface area (Å²) in [5.41, 5.74) is 0.755. The zero-order chi connectivity index (χ0) is 21.2. The summed E-state index contributed by atoms with van der Waals surface area (Å²) in [6.07, 6.45) is 2.49. The van der Waals surface area contributed by atoms with E-state index in [0.29, 0.717) is 36.5 Å². The van der Waals surface area contributed by atoms with E-state index in [1.54, 1.807) is 0 Å². The maximum Gasteiger partial charge on any atom is 0.407 e. The number of ether oxygens (including phenoxy) is 1. The molecule has 2 aromatic heterocycles. The van der Waals surface area contributed by atoms with E-state index in [4.69, 9.17) is 9.84 Å². The highest BCUT2D eigenvalue weighted by Gasteiger charge is 2.29. The van der Waals surface area contributed by atoms with Gasteiger partial charge in [0.1, 0.15) is 17.8 Å². The van der Waals surface area contributed by atoms with Crippen LogP contribution in [0.3, 0.4) is 0 Å². The Bertz CT molecular complexity index is 904. The van der Waals surface area contributed by atoms with Crippen LogP contribution in [-0.2, 0) is 22.5 Å². The summed E-state index contributed by atoms with van der Waals surface area (Å²) in [6.45, 7) is 9.09. The fraction of sp³-hybridized carbons (Fsp3) is 0.632. The van der Waals surface area contributed by atoms with Gasteiger partial charge in [-0.05, 0) is 27.2 Å². The molecule has 1 saturated heterocycles. The molecule has 3 rings (SSSR count). The number of aryl methyl sites for hydroxylation is 2. The van der Waals surface area contributed by atoms with Gasteiger partial charge in [0.2, 0.25) is 0 Å². The number of alkyl carbamates (subject to hydrolysis) is 1. The smallest absolute Gasteiger partial charge is 0.407 e. The Morgan fingerprint density at radius 1 is 1.34 bits per heavy atom. The van der Waals surface area contributed by atoms with Crippen molar-refractivity contribution in [3.63, 3.8) is 0 Å². The van der Waals surface area contributed by atoms with E-state index in [1.165, 1.54) is 6.33 Å². The van der Waals surface area contributed by atoms with Crippen LogP contribution in [0.25, 0.3) is 11.2 Å². The van der Waals surface area contributed by atoms with Crippen molar-refractivity contribution in [1.29, 1.82) is 0 Å². The second-order valence-electron chi connectivity index (χ2n) is 8.12. The molecule has 0 spiro atoms. The molecule has 3 heterocycles. The molecule has 1 atom stereocenters. The Balaban J connectivity index is 1.78. The summed E-state index contributed by atoms with van der Waals surface area (Å²) in [7, 11) is 0. The van der Waals surface area contributed by atoms with Crippen molar-refractivity contribution in [2.45, 2.75) is 65.1 Å².